The van der Waals surface area contributed by atoms with Crippen molar-refractivity contribution in [2.24, 2.45) is 7.05 Å². The molecule has 0 aliphatic carbocycles. The highest BCUT2D eigenvalue weighted by Gasteiger charge is 2.10. The molecule has 0 fully saturated rings. The maximum atomic E-state index is 12.0. The Morgan fingerprint density at radius 3 is 2.50 bits per heavy atom. The van der Waals surface area contributed by atoms with Crippen LogP contribution < -0.4 is 5.32 Å². The van der Waals surface area contributed by atoms with Crippen molar-refractivity contribution in [2.75, 3.05) is 7.05 Å². The minimum atomic E-state index is -0.966. The SMILES string of the molecule is CN(Cc1cnn(C)c1)C(=O)NCc1ccc(C(=O)O)cc1. The van der Waals surface area contributed by atoms with Gasteiger partial charge in [0.25, 0.3) is 0 Å². The summed E-state index contributed by atoms with van der Waals surface area (Å²) >= 11 is 0. The van der Waals surface area contributed by atoms with Crippen molar-refractivity contribution in [3.8, 4) is 0 Å². The van der Waals surface area contributed by atoms with Crippen LogP contribution in [-0.2, 0) is 20.1 Å². The number of hydrogen-bond donors (Lipinski definition) is 2. The Morgan fingerprint density at radius 2 is 1.95 bits per heavy atom. The summed E-state index contributed by atoms with van der Waals surface area (Å²) < 4.78 is 1.69. The summed E-state index contributed by atoms with van der Waals surface area (Å²) in [4.78, 5) is 24.3. The lowest BCUT2D eigenvalue weighted by Gasteiger charge is -2.17. The maximum Gasteiger partial charge on any atom is 0.335 e. The van der Waals surface area contributed by atoms with E-state index in [2.05, 4.69) is 10.4 Å². The number of aromatic carboxylic acids is 1. The van der Waals surface area contributed by atoms with Crippen LogP contribution in [-0.4, -0.2) is 38.8 Å². The summed E-state index contributed by atoms with van der Waals surface area (Å²) in [5, 5.41) is 15.7. The lowest BCUT2D eigenvalue weighted by Crippen LogP contribution is -2.36. The van der Waals surface area contributed by atoms with Gasteiger partial charge in [-0.05, 0) is 17.7 Å². The predicted octanol–water partition coefficient (Wildman–Crippen LogP) is 1.46. The number of nitrogens with one attached hydrogen (secondary N) is 1. The molecule has 2 rings (SSSR count). The number of rotatable bonds is 5. The minimum absolute atomic E-state index is 0.203. The number of urea groups is 1. The van der Waals surface area contributed by atoms with E-state index in [0.717, 1.165) is 11.1 Å². The molecule has 2 amide bonds. The summed E-state index contributed by atoms with van der Waals surface area (Å²) in [5.41, 5.74) is 2.02. The first-order valence-electron chi connectivity index (χ1n) is 6.74. The van der Waals surface area contributed by atoms with Gasteiger partial charge in [-0.25, -0.2) is 9.59 Å². The molecule has 0 radical (unpaired) electrons. The molecule has 1 heterocycles. The molecule has 7 nitrogen and oxygen atoms in total. The second-order valence-electron chi connectivity index (χ2n) is 5.04. The van der Waals surface area contributed by atoms with Crippen LogP contribution in [0.2, 0.25) is 0 Å². The van der Waals surface area contributed by atoms with Gasteiger partial charge in [-0.2, -0.15) is 5.10 Å². The average molecular weight is 302 g/mol. The summed E-state index contributed by atoms with van der Waals surface area (Å²) in [7, 11) is 3.53. The van der Waals surface area contributed by atoms with Gasteiger partial charge in [0.2, 0.25) is 0 Å². The van der Waals surface area contributed by atoms with Crippen molar-refractivity contribution in [1.29, 1.82) is 0 Å². The summed E-state index contributed by atoms with van der Waals surface area (Å²) in [5.74, 6) is -0.966. The van der Waals surface area contributed by atoms with Gasteiger partial charge in [0.05, 0.1) is 18.3 Å². The molecule has 0 unspecified atom stereocenters. The molecule has 0 saturated carbocycles. The molecule has 0 saturated heterocycles. The second-order valence-corrected chi connectivity index (χ2v) is 5.04. The third-order valence-electron chi connectivity index (χ3n) is 3.17. The Bertz CT molecular complexity index is 664. The number of carboxylic acid groups (broad SMARTS) is 1. The van der Waals surface area contributed by atoms with Gasteiger partial charge in [-0.3, -0.25) is 4.68 Å². The molecule has 22 heavy (non-hydrogen) atoms. The highest BCUT2D eigenvalue weighted by atomic mass is 16.4. The molecule has 116 valence electrons. The summed E-state index contributed by atoms with van der Waals surface area (Å²) in [6.07, 6.45) is 3.57. The van der Waals surface area contributed by atoms with E-state index in [1.54, 1.807) is 35.0 Å². The Kier molecular flexibility index (Phi) is 4.77. The molecular formula is C15H18N4O3. The van der Waals surface area contributed by atoms with Crippen molar-refractivity contribution in [3.63, 3.8) is 0 Å². The summed E-state index contributed by atoms with van der Waals surface area (Å²) in [6.45, 7) is 0.813. The number of amides is 2. The Hall–Kier alpha value is -2.83. The highest BCUT2D eigenvalue weighted by molar-refractivity contribution is 5.87. The molecular weight excluding hydrogens is 284 g/mol. The van der Waals surface area contributed by atoms with Crippen molar-refractivity contribution in [1.82, 2.24) is 20.0 Å². The smallest absolute Gasteiger partial charge is 0.335 e. The number of hydrogen-bond acceptors (Lipinski definition) is 3. The van der Waals surface area contributed by atoms with Crippen molar-refractivity contribution < 1.29 is 14.7 Å². The third kappa shape index (κ3) is 4.08. The molecule has 0 aliphatic rings. The van der Waals surface area contributed by atoms with Gasteiger partial charge in [0, 0.05) is 32.4 Å². The van der Waals surface area contributed by atoms with Crippen LogP contribution in [0.25, 0.3) is 0 Å². The first-order chi connectivity index (χ1) is 10.5. The van der Waals surface area contributed by atoms with Gasteiger partial charge >= 0.3 is 12.0 Å². The molecule has 0 spiro atoms. The van der Waals surface area contributed by atoms with E-state index in [-0.39, 0.29) is 11.6 Å². The number of aromatic nitrogens is 2. The van der Waals surface area contributed by atoms with Crippen LogP contribution in [0.5, 0.6) is 0 Å². The number of benzene rings is 1. The van der Waals surface area contributed by atoms with E-state index in [0.29, 0.717) is 13.1 Å². The van der Waals surface area contributed by atoms with Crippen LogP contribution >= 0.6 is 0 Å². The molecule has 0 bridgehead atoms. The first-order valence-corrected chi connectivity index (χ1v) is 6.74. The van der Waals surface area contributed by atoms with Crippen LogP contribution in [0, 0.1) is 0 Å². The zero-order valence-electron chi connectivity index (χ0n) is 12.5. The van der Waals surface area contributed by atoms with Crippen LogP contribution in [0.4, 0.5) is 4.79 Å². The number of carbonyl (C=O) groups excluding carboxylic acids is 1. The first kappa shape index (κ1) is 15.6. The highest BCUT2D eigenvalue weighted by Crippen LogP contribution is 2.05. The molecule has 0 atom stereocenters. The van der Waals surface area contributed by atoms with Gasteiger partial charge in [0.1, 0.15) is 0 Å². The van der Waals surface area contributed by atoms with Crippen molar-refractivity contribution in [3.05, 3.63) is 53.3 Å². The quantitative estimate of drug-likeness (QED) is 0.875. The second kappa shape index (κ2) is 6.75. The van der Waals surface area contributed by atoms with Crippen LogP contribution in [0.3, 0.4) is 0 Å². The fourth-order valence-electron chi connectivity index (χ4n) is 1.98. The lowest BCUT2D eigenvalue weighted by atomic mass is 10.1. The molecule has 2 aromatic rings. The molecule has 1 aromatic heterocycles. The van der Waals surface area contributed by atoms with Crippen molar-refractivity contribution >= 4 is 12.0 Å². The monoisotopic (exact) mass is 302 g/mol. The molecule has 2 N–H and O–H groups in total. The number of aryl methyl sites for hydroxylation is 1. The Balaban J connectivity index is 1.85. The van der Waals surface area contributed by atoms with Gasteiger partial charge in [-0.15, -0.1) is 0 Å². The molecule has 7 heteroatoms. The normalized spacial score (nSPS) is 10.3. The average Bonchev–Trinajstić information content (AvgIpc) is 2.90. The number of nitrogens with zero attached hydrogens (tertiary/aromatic N) is 3. The van der Waals surface area contributed by atoms with E-state index in [1.807, 2.05) is 13.2 Å². The zero-order valence-corrected chi connectivity index (χ0v) is 12.5. The maximum absolute atomic E-state index is 12.0. The van der Waals surface area contributed by atoms with E-state index in [4.69, 9.17) is 5.11 Å². The number of carbonyl (C=O) groups is 2. The van der Waals surface area contributed by atoms with Crippen LogP contribution in [0.15, 0.2) is 36.7 Å². The number of carboxylic acids is 1. The largest absolute Gasteiger partial charge is 0.478 e. The lowest BCUT2D eigenvalue weighted by molar-refractivity contribution is 0.0697. The van der Waals surface area contributed by atoms with Gasteiger partial charge in [-0.1, -0.05) is 12.1 Å². The molecule has 1 aromatic carbocycles. The summed E-state index contributed by atoms with van der Waals surface area (Å²) in [6, 6.07) is 6.20. The van der Waals surface area contributed by atoms with E-state index < -0.39 is 5.97 Å². The van der Waals surface area contributed by atoms with Crippen LogP contribution in [0.1, 0.15) is 21.5 Å². The molecule has 0 aliphatic heterocycles. The van der Waals surface area contributed by atoms with Gasteiger partial charge in [0.15, 0.2) is 0 Å². The minimum Gasteiger partial charge on any atom is -0.478 e. The Morgan fingerprint density at radius 1 is 1.27 bits per heavy atom. The van der Waals surface area contributed by atoms with Crippen molar-refractivity contribution in [2.45, 2.75) is 13.1 Å². The predicted molar refractivity (Wildman–Crippen MR) is 80.3 cm³/mol. The topological polar surface area (TPSA) is 87.5 Å². The third-order valence-corrected chi connectivity index (χ3v) is 3.17. The zero-order chi connectivity index (χ0) is 16.1. The fourth-order valence-corrected chi connectivity index (χ4v) is 1.98. The van der Waals surface area contributed by atoms with E-state index in [9.17, 15) is 9.59 Å². The van der Waals surface area contributed by atoms with Gasteiger partial charge < -0.3 is 15.3 Å². The van der Waals surface area contributed by atoms with E-state index >= 15 is 0 Å². The standard InChI is InChI=1S/C15H18N4O3/c1-18(9-12-8-17-19(2)10-12)15(22)16-7-11-3-5-13(6-4-11)14(20)21/h3-6,8,10H,7,9H2,1-2H3,(H,16,22)(H,20,21). The Labute approximate surface area is 128 Å². The fraction of sp³-hybridized carbons (Fsp3) is 0.267. The van der Waals surface area contributed by atoms with E-state index in [1.165, 1.54) is 12.1 Å².